The number of nitrogens with one attached hydrogen (secondary N) is 1. The maximum Gasteiger partial charge on any atom is 0.0947 e. The number of hydrogen-bond acceptors (Lipinski definition) is 2. The fourth-order valence-corrected chi connectivity index (χ4v) is 1.74. The van der Waals surface area contributed by atoms with Crippen LogP contribution >= 0.6 is 0 Å². The molecule has 2 heteroatoms. The summed E-state index contributed by atoms with van der Waals surface area (Å²) < 4.78 is 5.01. The van der Waals surface area contributed by atoms with Gasteiger partial charge in [0.2, 0.25) is 0 Å². The summed E-state index contributed by atoms with van der Waals surface area (Å²) in [5.74, 6) is 0. The maximum absolute atomic E-state index is 5.01. The Hall–Kier alpha value is -1.54. The molecule has 0 saturated heterocycles. The monoisotopic (exact) mass is 215 g/mol. The highest BCUT2D eigenvalue weighted by Gasteiger charge is 1.97. The molecular weight excluding hydrogens is 198 g/mol. The van der Waals surface area contributed by atoms with Crippen molar-refractivity contribution in [2.75, 3.05) is 6.54 Å². The molecule has 0 bridgehead atoms. The van der Waals surface area contributed by atoms with Crippen LogP contribution in [-0.4, -0.2) is 6.54 Å². The molecule has 0 aliphatic rings. The zero-order valence-electron chi connectivity index (χ0n) is 9.57. The second-order valence-corrected chi connectivity index (χ2v) is 3.98. The van der Waals surface area contributed by atoms with Crippen LogP contribution in [0.1, 0.15) is 16.7 Å². The quantitative estimate of drug-likeness (QED) is 0.776. The van der Waals surface area contributed by atoms with Gasteiger partial charge < -0.3 is 9.73 Å². The van der Waals surface area contributed by atoms with E-state index in [0.717, 1.165) is 19.5 Å². The van der Waals surface area contributed by atoms with Crippen molar-refractivity contribution in [3.63, 3.8) is 0 Å². The van der Waals surface area contributed by atoms with Crippen LogP contribution in [0.2, 0.25) is 0 Å². The van der Waals surface area contributed by atoms with Gasteiger partial charge in [-0.05, 0) is 37.1 Å². The second kappa shape index (κ2) is 5.52. The van der Waals surface area contributed by atoms with E-state index in [2.05, 4.69) is 36.5 Å². The largest absolute Gasteiger partial charge is 0.472 e. The highest BCUT2D eigenvalue weighted by Crippen LogP contribution is 2.07. The molecule has 0 spiro atoms. The van der Waals surface area contributed by atoms with Crippen LogP contribution in [0.25, 0.3) is 0 Å². The Morgan fingerprint density at radius 1 is 1.19 bits per heavy atom. The molecule has 0 unspecified atom stereocenters. The van der Waals surface area contributed by atoms with Crippen molar-refractivity contribution < 1.29 is 4.42 Å². The molecule has 1 aromatic heterocycles. The van der Waals surface area contributed by atoms with Crippen LogP contribution < -0.4 is 5.32 Å². The lowest BCUT2D eigenvalue weighted by molar-refractivity contribution is 0.560. The minimum Gasteiger partial charge on any atom is -0.472 e. The highest BCUT2D eigenvalue weighted by molar-refractivity contribution is 5.25. The molecule has 2 aromatic rings. The first-order valence-corrected chi connectivity index (χ1v) is 5.62. The van der Waals surface area contributed by atoms with Crippen LogP contribution in [0.15, 0.2) is 47.3 Å². The Morgan fingerprint density at radius 3 is 2.81 bits per heavy atom. The van der Waals surface area contributed by atoms with Gasteiger partial charge in [0.15, 0.2) is 0 Å². The third-order valence-electron chi connectivity index (χ3n) is 2.74. The van der Waals surface area contributed by atoms with Gasteiger partial charge in [-0.1, -0.05) is 24.3 Å². The van der Waals surface area contributed by atoms with Crippen LogP contribution in [0.5, 0.6) is 0 Å². The summed E-state index contributed by atoms with van der Waals surface area (Å²) >= 11 is 0. The van der Waals surface area contributed by atoms with E-state index in [1.807, 2.05) is 6.07 Å². The van der Waals surface area contributed by atoms with Gasteiger partial charge in [0.1, 0.15) is 0 Å². The Balaban J connectivity index is 1.74. The topological polar surface area (TPSA) is 25.2 Å². The normalized spacial score (nSPS) is 10.6. The third-order valence-corrected chi connectivity index (χ3v) is 2.74. The average Bonchev–Trinajstić information content (AvgIpc) is 2.79. The third kappa shape index (κ3) is 2.97. The molecule has 0 radical (unpaired) electrons. The molecule has 0 aliphatic heterocycles. The molecule has 0 amide bonds. The van der Waals surface area contributed by atoms with Crippen LogP contribution in [0, 0.1) is 6.92 Å². The van der Waals surface area contributed by atoms with Gasteiger partial charge in [-0.25, -0.2) is 0 Å². The molecule has 1 aromatic carbocycles. The van der Waals surface area contributed by atoms with E-state index in [-0.39, 0.29) is 0 Å². The summed E-state index contributed by atoms with van der Waals surface area (Å²) in [5.41, 5.74) is 3.99. The van der Waals surface area contributed by atoms with Crippen LogP contribution in [0.3, 0.4) is 0 Å². The van der Waals surface area contributed by atoms with Crippen LogP contribution in [-0.2, 0) is 13.0 Å². The number of aryl methyl sites for hydroxylation is 1. The summed E-state index contributed by atoms with van der Waals surface area (Å²) in [4.78, 5) is 0. The SMILES string of the molecule is Cc1ccccc1CCNCc1ccoc1. The van der Waals surface area contributed by atoms with Gasteiger partial charge in [-0.2, -0.15) is 0 Å². The van der Waals surface area contributed by atoms with Gasteiger partial charge in [0.25, 0.3) is 0 Å². The van der Waals surface area contributed by atoms with Crippen molar-refractivity contribution in [2.24, 2.45) is 0 Å². The molecule has 2 nitrogen and oxygen atoms in total. The summed E-state index contributed by atoms with van der Waals surface area (Å²) in [6, 6.07) is 10.5. The minimum absolute atomic E-state index is 0.877. The first-order chi connectivity index (χ1) is 7.86. The van der Waals surface area contributed by atoms with Gasteiger partial charge in [-0.15, -0.1) is 0 Å². The minimum atomic E-state index is 0.877. The average molecular weight is 215 g/mol. The molecule has 1 N–H and O–H groups in total. The molecule has 0 saturated carbocycles. The summed E-state index contributed by atoms with van der Waals surface area (Å²) in [6.45, 7) is 4.03. The standard InChI is InChI=1S/C14H17NO/c1-12-4-2-3-5-14(12)6-8-15-10-13-7-9-16-11-13/h2-5,7,9,11,15H,6,8,10H2,1H3. The lowest BCUT2D eigenvalue weighted by Crippen LogP contribution is -2.16. The van der Waals surface area contributed by atoms with Gasteiger partial charge >= 0.3 is 0 Å². The van der Waals surface area contributed by atoms with E-state index in [9.17, 15) is 0 Å². The highest BCUT2D eigenvalue weighted by atomic mass is 16.3. The Bertz CT molecular complexity index is 420. The van der Waals surface area contributed by atoms with Crippen molar-refractivity contribution in [3.05, 3.63) is 59.5 Å². The molecule has 84 valence electrons. The second-order valence-electron chi connectivity index (χ2n) is 3.98. The molecule has 0 fully saturated rings. The molecular formula is C14H17NO. The van der Waals surface area contributed by atoms with E-state index in [4.69, 9.17) is 4.42 Å². The van der Waals surface area contributed by atoms with Gasteiger partial charge in [-0.3, -0.25) is 0 Å². The summed E-state index contributed by atoms with van der Waals surface area (Å²) in [6.07, 6.45) is 4.56. The molecule has 1 heterocycles. The van der Waals surface area contributed by atoms with E-state index >= 15 is 0 Å². The Morgan fingerprint density at radius 2 is 2.06 bits per heavy atom. The van der Waals surface area contributed by atoms with Crippen molar-refractivity contribution in [1.82, 2.24) is 5.32 Å². The molecule has 16 heavy (non-hydrogen) atoms. The number of rotatable bonds is 5. The molecule has 0 atom stereocenters. The van der Waals surface area contributed by atoms with Crippen molar-refractivity contribution in [3.8, 4) is 0 Å². The fourth-order valence-electron chi connectivity index (χ4n) is 1.74. The van der Waals surface area contributed by atoms with E-state index in [1.54, 1.807) is 12.5 Å². The Labute approximate surface area is 96.3 Å². The van der Waals surface area contributed by atoms with Crippen molar-refractivity contribution in [1.29, 1.82) is 0 Å². The van der Waals surface area contributed by atoms with E-state index in [1.165, 1.54) is 16.7 Å². The lowest BCUT2D eigenvalue weighted by Gasteiger charge is -2.06. The summed E-state index contributed by atoms with van der Waals surface area (Å²) in [5, 5.41) is 3.40. The summed E-state index contributed by atoms with van der Waals surface area (Å²) in [7, 11) is 0. The van der Waals surface area contributed by atoms with Crippen molar-refractivity contribution in [2.45, 2.75) is 19.9 Å². The first kappa shape index (κ1) is 11.0. The number of benzene rings is 1. The van der Waals surface area contributed by atoms with E-state index in [0.29, 0.717) is 0 Å². The van der Waals surface area contributed by atoms with Crippen LogP contribution in [0.4, 0.5) is 0 Å². The fraction of sp³-hybridized carbons (Fsp3) is 0.286. The zero-order chi connectivity index (χ0) is 11.2. The smallest absolute Gasteiger partial charge is 0.0947 e. The van der Waals surface area contributed by atoms with E-state index < -0.39 is 0 Å². The predicted octanol–water partition coefficient (Wildman–Crippen LogP) is 2.92. The Kier molecular flexibility index (Phi) is 3.78. The first-order valence-electron chi connectivity index (χ1n) is 5.62. The number of hydrogen-bond donors (Lipinski definition) is 1. The van der Waals surface area contributed by atoms with Gasteiger partial charge in [0.05, 0.1) is 12.5 Å². The van der Waals surface area contributed by atoms with Crippen molar-refractivity contribution >= 4 is 0 Å². The molecule has 0 aliphatic carbocycles. The van der Waals surface area contributed by atoms with Gasteiger partial charge in [0, 0.05) is 12.1 Å². The maximum atomic E-state index is 5.01. The number of furan rings is 1. The lowest BCUT2D eigenvalue weighted by atomic mass is 10.1. The zero-order valence-corrected chi connectivity index (χ0v) is 9.57. The molecule has 2 rings (SSSR count). The predicted molar refractivity (Wildman–Crippen MR) is 65.3 cm³/mol.